The highest BCUT2D eigenvalue weighted by molar-refractivity contribution is 6.16. The Labute approximate surface area is 110 Å². The lowest BCUT2D eigenvalue weighted by Gasteiger charge is -2.13. The molecule has 0 fully saturated rings. The summed E-state index contributed by atoms with van der Waals surface area (Å²) in [5, 5.41) is 0. The number of hydrogen-bond acceptors (Lipinski definition) is 4. The first kappa shape index (κ1) is 15.5. The number of hydrogen-bond donors (Lipinski definition) is 0. The fraction of sp³-hybridized carbons (Fsp3) is 0.400. The monoisotopic (exact) mass is 301 g/mol. The van der Waals surface area contributed by atoms with Gasteiger partial charge in [0.2, 0.25) is 0 Å². The third-order valence-corrected chi connectivity index (χ3v) is 2.09. The number of rotatable bonds is 4. The molecule has 0 atom stereocenters. The lowest BCUT2D eigenvalue weighted by molar-refractivity contribution is -0.274. The van der Waals surface area contributed by atoms with Crippen molar-refractivity contribution in [1.82, 2.24) is 4.98 Å². The highest BCUT2D eigenvalue weighted by atomic mass is 35.5. The van der Waals surface area contributed by atoms with E-state index in [-0.39, 0.29) is 12.3 Å². The van der Waals surface area contributed by atoms with E-state index in [9.17, 15) is 22.4 Å². The number of aromatic nitrogens is 1. The molecule has 0 aliphatic rings. The number of alkyl halides is 4. The second-order valence-corrected chi connectivity index (χ2v) is 3.43. The Balaban J connectivity index is 3.26. The zero-order chi connectivity index (χ0) is 14.6. The molecule has 0 saturated heterocycles. The summed E-state index contributed by atoms with van der Waals surface area (Å²) in [6, 6.07) is 0.393. The van der Waals surface area contributed by atoms with E-state index in [2.05, 4.69) is 14.5 Å². The molecule has 0 aromatic carbocycles. The van der Waals surface area contributed by atoms with E-state index in [1.807, 2.05) is 0 Å². The second kappa shape index (κ2) is 6.05. The molecule has 4 nitrogen and oxygen atoms in total. The number of carbonyl (C=O) groups excluding carboxylic acids is 1. The molecule has 19 heavy (non-hydrogen) atoms. The summed E-state index contributed by atoms with van der Waals surface area (Å²) in [5.41, 5.74) is -1.16. The highest BCUT2D eigenvalue weighted by Crippen LogP contribution is 2.28. The predicted octanol–water partition coefficient (Wildman–Crippen LogP) is 3.03. The van der Waals surface area contributed by atoms with Crippen molar-refractivity contribution in [2.75, 3.05) is 6.61 Å². The third kappa shape index (κ3) is 4.23. The Kier molecular flexibility index (Phi) is 4.93. The van der Waals surface area contributed by atoms with Gasteiger partial charge in [0.1, 0.15) is 5.82 Å². The van der Waals surface area contributed by atoms with Gasteiger partial charge in [0.05, 0.1) is 18.2 Å². The number of carbonyl (C=O) groups is 1. The standard InChI is InChI=1S/C10H8ClF4NO3/c1-2-18-9(17)8-7(19-10(13,14)15)3-5(12)6(4-11)16-8/h3H,2,4H2,1H3. The molecule has 0 bridgehead atoms. The second-order valence-electron chi connectivity index (χ2n) is 3.17. The summed E-state index contributed by atoms with van der Waals surface area (Å²) in [5.74, 6) is -3.75. The van der Waals surface area contributed by atoms with Gasteiger partial charge in [0.15, 0.2) is 11.4 Å². The lowest BCUT2D eigenvalue weighted by Crippen LogP contribution is -2.21. The van der Waals surface area contributed by atoms with Gasteiger partial charge in [-0.3, -0.25) is 0 Å². The quantitative estimate of drug-likeness (QED) is 0.487. The van der Waals surface area contributed by atoms with Crippen molar-refractivity contribution in [1.29, 1.82) is 0 Å². The van der Waals surface area contributed by atoms with Crippen molar-refractivity contribution in [3.05, 3.63) is 23.3 Å². The number of esters is 1. The van der Waals surface area contributed by atoms with Gasteiger partial charge in [-0.25, -0.2) is 14.2 Å². The fourth-order valence-electron chi connectivity index (χ4n) is 1.15. The third-order valence-electron chi connectivity index (χ3n) is 1.83. The summed E-state index contributed by atoms with van der Waals surface area (Å²) >= 11 is 5.35. The average molecular weight is 302 g/mol. The van der Waals surface area contributed by atoms with Crippen molar-refractivity contribution < 1.29 is 31.8 Å². The van der Waals surface area contributed by atoms with Crippen LogP contribution in [0.15, 0.2) is 6.07 Å². The number of pyridine rings is 1. The van der Waals surface area contributed by atoms with Gasteiger partial charge >= 0.3 is 12.3 Å². The molecule has 9 heteroatoms. The molecule has 1 heterocycles. The Morgan fingerprint density at radius 2 is 2.11 bits per heavy atom. The van der Waals surface area contributed by atoms with E-state index in [4.69, 9.17) is 11.6 Å². The first-order chi connectivity index (χ1) is 8.78. The topological polar surface area (TPSA) is 48.4 Å². The van der Waals surface area contributed by atoms with Crippen LogP contribution in [0.2, 0.25) is 0 Å². The van der Waals surface area contributed by atoms with Crippen LogP contribution >= 0.6 is 11.6 Å². The number of halogens is 5. The maximum absolute atomic E-state index is 13.3. The SMILES string of the molecule is CCOC(=O)c1nc(CCl)c(F)cc1OC(F)(F)F. The van der Waals surface area contributed by atoms with Crippen LogP contribution in [0.3, 0.4) is 0 Å². The van der Waals surface area contributed by atoms with Gasteiger partial charge in [-0.1, -0.05) is 0 Å². The summed E-state index contributed by atoms with van der Waals surface area (Å²) < 4.78 is 57.8. The van der Waals surface area contributed by atoms with Gasteiger partial charge in [-0.05, 0) is 6.92 Å². The molecule has 106 valence electrons. The summed E-state index contributed by atoms with van der Waals surface area (Å²) in [4.78, 5) is 14.8. The van der Waals surface area contributed by atoms with E-state index >= 15 is 0 Å². The van der Waals surface area contributed by atoms with E-state index in [1.54, 1.807) is 0 Å². The number of nitrogens with zero attached hydrogens (tertiary/aromatic N) is 1. The van der Waals surface area contributed by atoms with Crippen LogP contribution in [0.25, 0.3) is 0 Å². The molecule has 0 amide bonds. The summed E-state index contributed by atoms with van der Waals surface area (Å²) in [6.45, 7) is 1.37. The van der Waals surface area contributed by atoms with E-state index in [0.29, 0.717) is 6.07 Å². The number of ether oxygens (including phenoxy) is 2. The molecular weight excluding hydrogens is 294 g/mol. The molecule has 1 aromatic rings. The Bertz CT molecular complexity index is 479. The van der Waals surface area contributed by atoms with E-state index < -0.39 is 35.5 Å². The van der Waals surface area contributed by atoms with Gasteiger partial charge in [0.25, 0.3) is 0 Å². The van der Waals surface area contributed by atoms with Crippen LogP contribution in [0.4, 0.5) is 17.6 Å². The summed E-state index contributed by atoms with van der Waals surface area (Å²) in [7, 11) is 0. The smallest absolute Gasteiger partial charge is 0.461 e. The molecular formula is C10H8ClF4NO3. The van der Waals surface area contributed by atoms with Crippen LogP contribution < -0.4 is 4.74 Å². The largest absolute Gasteiger partial charge is 0.573 e. The van der Waals surface area contributed by atoms with Gasteiger partial charge < -0.3 is 9.47 Å². The normalized spacial score (nSPS) is 11.3. The molecule has 1 aromatic heterocycles. The minimum Gasteiger partial charge on any atom is -0.461 e. The van der Waals surface area contributed by atoms with Crippen LogP contribution in [-0.4, -0.2) is 23.9 Å². The Hall–Kier alpha value is -1.57. The van der Waals surface area contributed by atoms with Crippen LogP contribution in [0.5, 0.6) is 5.75 Å². The van der Waals surface area contributed by atoms with Crippen molar-refractivity contribution in [2.45, 2.75) is 19.2 Å². The highest BCUT2D eigenvalue weighted by Gasteiger charge is 2.34. The van der Waals surface area contributed by atoms with Crippen molar-refractivity contribution in [2.24, 2.45) is 0 Å². The van der Waals surface area contributed by atoms with Crippen molar-refractivity contribution in [3.8, 4) is 5.75 Å². The predicted molar refractivity (Wildman–Crippen MR) is 56.4 cm³/mol. The van der Waals surface area contributed by atoms with Crippen LogP contribution in [0, 0.1) is 5.82 Å². The molecule has 0 radical (unpaired) electrons. The zero-order valence-electron chi connectivity index (χ0n) is 9.55. The van der Waals surface area contributed by atoms with Gasteiger partial charge in [-0.15, -0.1) is 24.8 Å². The molecule has 1 rings (SSSR count). The lowest BCUT2D eigenvalue weighted by atomic mass is 10.2. The minimum atomic E-state index is -5.09. The molecule has 0 aliphatic heterocycles. The zero-order valence-corrected chi connectivity index (χ0v) is 10.3. The molecule has 0 aliphatic carbocycles. The maximum atomic E-state index is 13.3. The molecule has 0 N–H and O–H groups in total. The Morgan fingerprint density at radius 3 is 2.58 bits per heavy atom. The molecule has 0 saturated carbocycles. The van der Waals surface area contributed by atoms with Gasteiger partial charge in [0, 0.05) is 6.07 Å². The molecule has 0 unspecified atom stereocenters. The van der Waals surface area contributed by atoms with Crippen molar-refractivity contribution >= 4 is 17.6 Å². The summed E-state index contributed by atoms with van der Waals surface area (Å²) in [6.07, 6.45) is -5.09. The van der Waals surface area contributed by atoms with E-state index in [1.165, 1.54) is 6.92 Å². The molecule has 0 spiro atoms. The fourth-order valence-corrected chi connectivity index (χ4v) is 1.34. The van der Waals surface area contributed by atoms with Gasteiger partial charge in [-0.2, -0.15) is 0 Å². The Morgan fingerprint density at radius 1 is 1.47 bits per heavy atom. The van der Waals surface area contributed by atoms with Crippen LogP contribution in [-0.2, 0) is 10.6 Å². The van der Waals surface area contributed by atoms with E-state index in [0.717, 1.165) is 0 Å². The van der Waals surface area contributed by atoms with Crippen molar-refractivity contribution in [3.63, 3.8) is 0 Å². The first-order valence-electron chi connectivity index (χ1n) is 4.96. The first-order valence-corrected chi connectivity index (χ1v) is 5.50. The van der Waals surface area contributed by atoms with Crippen LogP contribution in [0.1, 0.15) is 23.1 Å². The average Bonchev–Trinajstić information content (AvgIpc) is 2.27. The maximum Gasteiger partial charge on any atom is 0.573 e. The minimum absolute atomic E-state index is 0.0838.